The van der Waals surface area contributed by atoms with Gasteiger partial charge in [-0.2, -0.15) is 0 Å². The van der Waals surface area contributed by atoms with E-state index in [0.717, 1.165) is 21.5 Å². The van der Waals surface area contributed by atoms with E-state index in [1.165, 1.54) is 11.9 Å². The van der Waals surface area contributed by atoms with Crippen LogP contribution in [0, 0.1) is 0 Å². The van der Waals surface area contributed by atoms with Gasteiger partial charge in [0.2, 0.25) is 21.8 Å². The van der Waals surface area contributed by atoms with E-state index in [1.807, 2.05) is 30.3 Å². The number of anilines is 1. The molecule has 0 saturated carbocycles. The van der Waals surface area contributed by atoms with Crippen molar-refractivity contribution in [3.63, 3.8) is 0 Å². The Morgan fingerprint density at radius 2 is 1.64 bits per heavy atom. The predicted octanol–water partition coefficient (Wildman–Crippen LogP) is 3.42. The first kappa shape index (κ1) is 24.5. The number of sulfonamides is 1. The van der Waals surface area contributed by atoms with E-state index in [9.17, 15) is 18.0 Å². The van der Waals surface area contributed by atoms with E-state index in [4.69, 9.17) is 11.6 Å². The molecule has 0 spiro atoms. The molecule has 0 heterocycles. The van der Waals surface area contributed by atoms with Gasteiger partial charge in [-0.25, -0.2) is 8.42 Å². The smallest absolute Gasteiger partial charge is 0.244 e. The average molecular weight is 488 g/mol. The number of hydrogen-bond donors (Lipinski definition) is 1. The number of benzene rings is 3. The van der Waals surface area contributed by atoms with E-state index in [2.05, 4.69) is 5.32 Å². The lowest BCUT2D eigenvalue weighted by Crippen LogP contribution is -2.50. The number of likely N-dealkylation sites (N-methyl/N-ethyl adjacent to an activating group) is 1. The van der Waals surface area contributed by atoms with Crippen LogP contribution in [0.5, 0.6) is 0 Å². The molecule has 0 aliphatic rings. The minimum Gasteiger partial charge on any atom is -0.357 e. The maximum atomic E-state index is 13.5. The van der Waals surface area contributed by atoms with Gasteiger partial charge in [0, 0.05) is 24.0 Å². The number of nitrogens with one attached hydrogen (secondary N) is 1. The van der Waals surface area contributed by atoms with Gasteiger partial charge >= 0.3 is 0 Å². The second-order valence-corrected chi connectivity index (χ2v) is 10.0. The first-order chi connectivity index (χ1) is 15.6. The Balaban J connectivity index is 1.99. The zero-order chi connectivity index (χ0) is 24.2. The molecule has 0 fully saturated rings. The maximum Gasteiger partial charge on any atom is 0.244 e. The highest BCUT2D eigenvalue weighted by Crippen LogP contribution is 2.28. The van der Waals surface area contributed by atoms with E-state index in [0.29, 0.717) is 16.1 Å². The van der Waals surface area contributed by atoms with Gasteiger partial charge in [0.25, 0.3) is 0 Å². The van der Waals surface area contributed by atoms with Crippen molar-refractivity contribution in [2.45, 2.75) is 19.5 Å². The van der Waals surface area contributed by atoms with Crippen LogP contribution in [0.2, 0.25) is 5.02 Å². The summed E-state index contributed by atoms with van der Waals surface area (Å²) in [5.74, 6) is -0.854. The molecule has 33 heavy (non-hydrogen) atoms. The molecule has 0 unspecified atom stereocenters. The SMILES string of the molecule is CNC(=O)[C@H](C)N(Cc1ccc(Cl)cc1)C(=O)CN(c1cccc2ccccc12)S(C)(=O)=O. The number of halogens is 1. The minimum absolute atomic E-state index is 0.123. The van der Waals surface area contributed by atoms with Gasteiger partial charge in [0.05, 0.1) is 11.9 Å². The molecule has 0 radical (unpaired) electrons. The van der Waals surface area contributed by atoms with Crippen molar-refractivity contribution >= 4 is 49.9 Å². The van der Waals surface area contributed by atoms with Crippen molar-refractivity contribution in [1.29, 1.82) is 0 Å². The number of nitrogens with zero attached hydrogens (tertiary/aromatic N) is 2. The van der Waals surface area contributed by atoms with Crippen molar-refractivity contribution in [2.24, 2.45) is 0 Å². The summed E-state index contributed by atoms with van der Waals surface area (Å²) in [4.78, 5) is 27.2. The van der Waals surface area contributed by atoms with Crippen LogP contribution < -0.4 is 9.62 Å². The molecule has 9 heteroatoms. The van der Waals surface area contributed by atoms with E-state index in [1.54, 1.807) is 43.3 Å². The van der Waals surface area contributed by atoms with Gasteiger partial charge in [0.1, 0.15) is 12.6 Å². The fourth-order valence-corrected chi connectivity index (χ4v) is 4.59. The Morgan fingerprint density at radius 3 is 2.27 bits per heavy atom. The standard InChI is InChI=1S/C24H26ClN3O4S/c1-17(24(30)26-2)27(15-18-11-13-20(25)14-12-18)23(29)16-28(33(3,31)32)22-10-6-8-19-7-4-5-9-21(19)22/h4-14,17H,15-16H2,1-3H3,(H,26,30)/t17-/m0/s1. The number of amides is 2. The summed E-state index contributed by atoms with van der Waals surface area (Å²) in [5.41, 5.74) is 1.17. The van der Waals surface area contributed by atoms with Crippen molar-refractivity contribution in [3.05, 3.63) is 77.3 Å². The third kappa shape index (κ3) is 5.83. The highest BCUT2D eigenvalue weighted by Gasteiger charge is 2.30. The largest absolute Gasteiger partial charge is 0.357 e. The normalized spacial score (nSPS) is 12.2. The summed E-state index contributed by atoms with van der Waals surface area (Å²) in [6.45, 7) is 1.29. The van der Waals surface area contributed by atoms with Crippen LogP contribution in [0.15, 0.2) is 66.7 Å². The molecule has 3 rings (SSSR count). The van der Waals surface area contributed by atoms with Gasteiger partial charge in [-0.05, 0) is 36.1 Å². The molecule has 1 atom stereocenters. The molecular formula is C24H26ClN3O4S. The molecule has 7 nitrogen and oxygen atoms in total. The molecule has 0 saturated heterocycles. The van der Waals surface area contributed by atoms with Gasteiger partial charge < -0.3 is 10.2 Å². The Bertz CT molecular complexity index is 1260. The van der Waals surface area contributed by atoms with Crippen LogP contribution in [0.1, 0.15) is 12.5 Å². The molecule has 3 aromatic carbocycles. The predicted molar refractivity (Wildman–Crippen MR) is 132 cm³/mol. The van der Waals surface area contributed by atoms with Crippen LogP contribution in [0.25, 0.3) is 10.8 Å². The minimum atomic E-state index is -3.80. The molecule has 0 aliphatic heterocycles. The van der Waals surface area contributed by atoms with Gasteiger partial charge in [-0.1, -0.05) is 60.1 Å². The number of carbonyl (C=O) groups excluding carboxylic acids is 2. The summed E-state index contributed by atoms with van der Waals surface area (Å²) >= 11 is 5.96. The zero-order valence-corrected chi connectivity index (χ0v) is 20.2. The van der Waals surface area contributed by atoms with Crippen molar-refractivity contribution in [3.8, 4) is 0 Å². The molecule has 0 aliphatic carbocycles. The molecular weight excluding hydrogens is 462 g/mol. The lowest BCUT2D eigenvalue weighted by molar-refractivity contribution is -0.139. The van der Waals surface area contributed by atoms with Gasteiger partial charge in [0.15, 0.2) is 0 Å². The number of rotatable bonds is 8. The quantitative estimate of drug-likeness (QED) is 0.527. The van der Waals surface area contributed by atoms with Crippen molar-refractivity contribution < 1.29 is 18.0 Å². The lowest BCUT2D eigenvalue weighted by atomic mass is 10.1. The third-order valence-electron chi connectivity index (χ3n) is 5.39. The lowest BCUT2D eigenvalue weighted by Gasteiger charge is -2.31. The Morgan fingerprint density at radius 1 is 1.00 bits per heavy atom. The molecule has 0 bridgehead atoms. The second kappa shape index (κ2) is 10.2. The monoisotopic (exact) mass is 487 g/mol. The van der Waals surface area contributed by atoms with Gasteiger partial charge in [-0.15, -0.1) is 0 Å². The summed E-state index contributed by atoms with van der Waals surface area (Å²) in [6.07, 6.45) is 1.06. The summed E-state index contributed by atoms with van der Waals surface area (Å²) in [6, 6.07) is 18.8. The first-order valence-corrected chi connectivity index (χ1v) is 12.6. The van der Waals surface area contributed by atoms with Crippen LogP contribution in [-0.4, -0.2) is 51.0 Å². The van der Waals surface area contributed by atoms with Crippen LogP contribution in [0.4, 0.5) is 5.69 Å². The highest BCUT2D eigenvalue weighted by molar-refractivity contribution is 7.92. The molecule has 1 N–H and O–H groups in total. The molecule has 0 aromatic heterocycles. The van der Waals surface area contributed by atoms with E-state index < -0.39 is 28.5 Å². The third-order valence-corrected chi connectivity index (χ3v) is 6.77. The van der Waals surface area contributed by atoms with Crippen molar-refractivity contribution in [2.75, 3.05) is 24.2 Å². The zero-order valence-electron chi connectivity index (χ0n) is 18.7. The Kier molecular flexibility index (Phi) is 7.61. The summed E-state index contributed by atoms with van der Waals surface area (Å²) < 4.78 is 26.6. The maximum absolute atomic E-state index is 13.5. The number of hydrogen-bond acceptors (Lipinski definition) is 4. The summed E-state index contributed by atoms with van der Waals surface area (Å²) in [5, 5.41) is 4.66. The molecule has 2 amide bonds. The number of carbonyl (C=O) groups is 2. The average Bonchev–Trinajstić information content (AvgIpc) is 2.80. The van der Waals surface area contributed by atoms with Crippen LogP contribution >= 0.6 is 11.6 Å². The topological polar surface area (TPSA) is 86.8 Å². The van der Waals surface area contributed by atoms with Crippen LogP contribution in [-0.2, 0) is 26.2 Å². The van der Waals surface area contributed by atoms with E-state index >= 15 is 0 Å². The van der Waals surface area contributed by atoms with E-state index in [-0.39, 0.29) is 12.5 Å². The van der Waals surface area contributed by atoms with Gasteiger partial charge in [-0.3, -0.25) is 13.9 Å². The Hall–Kier alpha value is -3.10. The highest BCUT2D eigenvalue weighted by atomic mass is 35.5. The van der Waals surface area contributed by atoms with Crippen molar-refractivity contribution in [1.82, 2.24) is 10.2 Å². The molecule has 174 valence electrons. The Labute approximate surface area is 199 Å². The first-order valence-electron chi connectivity index (χ1n) is 10.3. The number of fused-ring (bicyclic) bond motifs is 1. The summed E-state index contributed by atoms with van der Waals surface area (Å²) in [7, 11) is -2.31. The fraction of sp³-hybridized carbons (Fsp3) is 0.250. The molecule has 3 aromatic rings. The fourth-order valence-electron chi connectivity index (χ4n) is 3.60. The second-order valence-electron chi connectivity index (χ2n) is 7.71. The van der Waals surface area contributed by atoms with Crippen LogP contribution in [0.3, 0.4) is 0 Å².